The molecule has 31 heavy (non-hydrogen) atoms. The normalized spacial score (nSPS) is 25.1. The van der Waals surface area contributed by atoms with Gasteiger partial charge in [0.1, 0.15) is 0 Å². The first-order valence-electron chi connectivity index (χ1n) is 10.5. The van der Waals surface area contributed by atoms with Gasteiger partial charge in [-0.2, -0.15) is 0 Å². The quantitative estimate of drug-likeness (QED) is 0.141. The van der Waals surface area contributed by atoms with Gasteiger partial charge in [0, 0.05) is 37.9 Å². The summed E-state index contributed by atoms with van der Waals surface area (Å²) < 4.78 is 6.68. The number of ether oxygens (including phenoxy) is 1. The minimum atomic E-state index is -0.169. The highest BCUT2D eigenvalue weighted by molar-refractivity contribution is 14.1. The number of halogens is 2. The Labute approximate surface area is 200 Å². The Morgan fingerprint density at radius 2 is 2.06 bits per heavy atom. The van der Waals surface area contributed by atoms with Gasteiger partial charge in [-0.15, -0.1) is 0 Å². The largest absolute Gasteiger partial charge is 0.465 e. The number of carbonyl (C=O) groups excluding carboxylic acids is 1. The monoisotopic (exact) mass is 548 g/mol. The molecule has 162 valence electrons. The number of fused-ring (bicyclic) bond motifs is 2. The smallest absolute Gasteiger partial charge is 0.311 e. The van der Waals surface area contributed by atoms with Crippen LogP contribution in [0.5, 0.6) is 0 Å². The second kappa shape index (κ2) is 9.77. The van der Waals surface area contributed by atoms with E-state index in [1.54, 1.807) is 6.07 Å². The summed E-state index contributed by atoms with van der Waals surface area (Å²) in [5.41, 5.74) is 11.4. The molecule has 2 bridgehead atoms. The Hall–Kier alpha value is -1.80. The first-order valence-corrected chi connectivity index (χ1v) is 11.9. The third kappa shape index (κ3) is 4.85. The van der Waals surface area contributed by atoms with E-state index in [-0.39, 0.29) is 23.8 Å². The maximum absolute atomic E-state index is 13.2. The number of nitrogens with zero attached hydrogens (tertiary/aromatic N) is 4. The van der Waals surface area contributed by atoms with E-state index in [9.17, 15) is 4.79 Å². The van der Waals surface area contributed by atoms with Crippen molar-refractivity contribution < 1.29 is 9.53 Å². The predicted molar refractivity (Wildman–Crippen MR) is 130 cm³/mol. The summed E-state index contributed by atoms with van der Waals surface area (Å²) in [5, 5.41) is 4.37. The van der Waals surface area contributed by atoms with Crippen LogP contribution in [0.3, 0.4) is 0 Å². The average molecular weight is 549 g/mol. The third-order valence-corrected chi connectivity index (χ3v) is 7.75. The van der Waals surface area contributed by atoms with Crippen molar-refractivity contribution in [2.24, 2.45) is 11.0 Å². The van der Waals surface area contributed by atoms with Crippen molar-refractivity contribution in [3.8, 4) is 0 Å². The molecule has 0 saturated carbocycles. The first-order chi connectivity index (χ1) is 15.0. The van der Waals surface area contributed by atoms with E-state index in [0.717, 1.165) is 28.4 Å². The number of carbonyl (C=O) groups is 1. The van der Waals surface area contributed by atoms with E-state index < -0.39 is 0 Å². The number of hydrogen-bond donors (Lipinski definition) is 0. The maximum atomic E-state index is 13.2. The molecule has 2 aromatic carbocycles. The Morgan fingerprint density at radius 1 is 1.29 bits per heavy atom. The summed E-state index contributed by atoms with van der Waals surface area (Å²) in [7, 11) is 2.13. The van der Waals surface area contributed by atoms with Crippen molar-refractivity contribution in [1.29, 1.82) is 0 Å². The van der Waals surface area contributed by atoms with E-state index in [2.05, 4.69) is 44.6 Å². The molecule has 4 rings (SSSR count). The molecule has 0 radical (unpaired) electrons. The molecule has 2 aromatic rings. The van der Waals surface area contributed by atoms with E-state index in [4.69, 9.17) is 21.9 Å². The van der Waals surface area contributed by atoms with Gasteiger partial charge in [-0.05, 0) is 83.8 Å². The topological polar surface area (TPSA) is 78.3 Å². The van der Waals surface area contributed by atoms with Crippen LogP contribution in [0.1, 0.15) is 36.3 Å². The predicted octanol–water partition coefficient (Wildman–Crippen LogP) is 6.24. The van der Waals surface area contributed by atoms with Crippen molar-refractivity contribution >= 4 is 45.8 Å². The standard InChI is InChI=1S/C23H24ClIN4O2/c1-29-17-7-9-21(29)22(18(13-17)15-3-5-16(24)6-4-15)23(30)31-11-10-14-2-8-20(27-28-26)19(25)12-14/h2-6,8,12,17-18,21-22H,7,9-11,13H2,1H3/t17-,18+,21+,22-/m0/s1/i25-2. The zero-order chi connectivity index (χ0) is 22.0. The number of piperidine rings is 1. The summed E-state index contributed by atoms with van der Waals surface area (Å²) in [5.74, 6) is -0.127. The molecule has 0 N–H and O–H groups in total. The molecule has 4 atom stereocenters. The van der Waals surface area contributed by atoms with E-state index in [0.29, 0.717) is 29.8 Å². The third-order valence-electron chi connectivity index (χ3n) is 6.64. The van der Waals surface area contributed by atoms with Gasteiger partial charge in [0.2, 0.25) is 0 Å². The van der Waals surface area contributed by atoms with Crippen LogP contribution in [-0.2, 0) is 16.0 Å². The fourth-order valence-corrected chi connectivity index (χ4v) is 5.86. The summed E-state index contributed by atoms with van der Waals surface area (Å²) in [4.78, 5) is 18.5. The van der Waals surface area contributed by atoms with Gasteiger partial charge in [0.05, 0.1) is 18.2 Å². The van der Waals surface area contributed by atoms with Gasteiger partial charge in [-0.3, -0.25) is 9.69 Å². The van der Waals surface area contributed by atoms with Crippen LogP contribution in [-0.4, -0.2) is 36.6 Å². The molecular formula is C23H24ClIN4O2. The summed E-state index contributed by atoms with van der Waals surface area (Å²) in [6.07, 6.45) is 3.75. The lowest BCUT2D eigenvalue weighted by atomic mass is 9.76. The molecule has 0 unspecified atom stereocenters. The maximum Gasteiger partial charge on any atom is 0.311 e. The Bertz CT molecular complexity index is 1010. The van der Waals surface area contributed by atoms with Crippen molar-refractivity contribution in [2.45, 2.75) is 43.7 Å². The van der Waals surface area contributed by atoms with Crippen molar-refractivity contribution in [2.75, 3.05) is 13.7 Å². The Balaban J connectivity index is 1.45. The average Bonchev–Trinajstić information content (AvgIpc) is 2.98. The molecular weight excluding hydrogens is 525 g/mol. The lowest BCUT2D eigenvalue weighted by Gasteiger charge is -2.42. The SMILES string of the molecule is CN1[C@H]2CC[C@@H]1[C@@H](C(=O)OCCc1ccc(N=[N+]=[N-])c([125I])c1)[C@@H](c1ccc(Cl)cc1)C2. The van der Waals surface area contributed by atoms with Gasteiger partial charge in [0.25, 0.3) is 0 Å². The van der Waals surface area contributed by atoms with Crippen molar-refractivity contribution in [1.82, 2.24) is 4.90 Å². The van der Waals surface area contributed by atoms with Gasteiger partial charge in [-0.25, -0.2) is 0 Å². The molecule has 0 aliphatic carbocycles. The van der Waals surface area contributed by atoms with Crippen LogP contribution in [0, 0.1) is 9.49 Å². The van der Waals surface area contributed by atoms with Crippen LogP contribution in [0.4, 0.5) is 5.69 Å². The molecule has 2 aliphatic heterocycles. The van der Waals surface area contributed by atoms with Gasteiger partial charge >= 0.3 is 5.97 Å². The van der Waals surface area contributed by atoms with Crippen LogP contribution in [0.15, 0.2) is 47.6 Å². The zero-order valence-electron chi connectivity index (χ0n) is 17.2. The minimum Gasteiger partial charge on any atom is -0.465 e. The van der Waals surface area contributed by atoms with Gasteiger partial charge in [-0.1, -0.05) is 41.0 Å². The van der Waals surface area contributed by atoms with Crippen molar-refractivity contribution in [3.05, 3.63) is 72.6 Å². The molecule has 8 heteroatoms. The lowest BCUT2D eigenvalue weighted by molar-refractivity contribution is -0.153. The Kier molecular flexibility index (Phi) is 7.06. The van der Waals surface area contributed by atoms with E-state index >= 15 is 0 Å². The minimum absolute atomic E-state index is 0.113. The van der Waals surface area contributed by atoms with Gasteiger partial charge in [0.15, 0.2) is 0 Å². The second-order valence-corrected chi connectivity index (χ2v) is 9.87. The van der Waals surface area contributed by atoms with E-state index in [1.165, 1.54) is 5.56 Å². The highest BCUT2D eigenvalue weighted by atomic mass is 125. The van der Waals surface area contributed by atoms with Crippen LogP contribution >= 0.6 is 34.2 Å². The number of rotatable bonds is 6. The van der Waals surface area contributed by atoms with Crippen LogP contribution in [0.2, 0.25) is 5.02 Å². The Morgan fingerprint density at radius 3 is 2.77 bits per heavy atom. The van der Waals surface area contributed by atoms with Crippen LogP contribution < -0.4 is 0 Å². The molecule has 2 fully saturated rings. The summed E-state index contributed by atoms with van der Waals surface area (Å²) in [6.45, 7) is 0.333. The summed E-state index contributed by atoms with van der Waals surface area (Å²) in [6, 6.07) is 14.3. The van der Waals surface area contributed by atoms with Crippen molar-refractivity contribution in [3.63, 3.8) is 0 Å². The number of benzene rings is 2. The van der Waals surface area contributed by atoms with E-state index in [1.807, 2.05) is 36.4 Å². The fraction of sp³-hybridized carbons (Fsp3) is 0.435. The highest BCUT2D eigenvalue weighted by Crippen LogP contribution is 2.46. The molecule has 2 aliphatic rings. The van der Waals surface area contributed by atoms with Gasteiger partial charge < -0.3 is 4.74 Å². The number of azide groups is 1. The van der Waals surface area contributed by atoms with Crippen LogP contribution in [0.25, 0.3) is 10.4 Å². The molecule has 0 spiro atoms. The number of hydrogen-bond acceptors (Lipinski definition) is 4. The summed E-state index contributed by atoms with van der Waals surface area (Å²) >= 11 is 8.23. The number of esters is 1. The second-order valence-electron chi connectivity index (χ2n) is 8.28. The zero-order valence-corrected chi connectivity index (χ0v) is 20.2. The lowest BCUT2D eigenvalue weighted by Crippen LogP contribution is -2.49. The first kappa shape index (κ1) is 22.4. The molecule has 0 aromatic heterocycles. The molecule has 0 amide bonds. The molecule has 2 heterocycles. The molecule has 6 nitrogen and oxygen atoms in total. The fourth-order valence-electron chi connectivity index (χ4n) is 5.04. The highest BCUT2D eigenvalue weighted by Gasteiger charge is 2.49. The molecule has 2 saturated heterocycles.